The molecule has 1 aromatic rings. The second-order valence-electron chi connectivity index (χ2n) is 4.39. The van der Waals surface area contributed by atoms with E-state index in [1.807, 2.05) is 0 Å². The van der Waals surface area contributed by atoms with E-state index < -0.39 is 21.3 Å². The average Bonchev–Trinajstić information content (AvgIpc) is 2.36. The molecule has 0 atom stereocenters. The lowest BCUT2D eigenvalue weighted by Crippen LogP contribution is -2.27. The third-order valence-corrected chi connectivity index (χ3v) is 5.13. The van der Waals surface area contributed by atoms with Gasteiger partial charge in [0.25, 0.3) is 0 Å². The number of aliphatic hydroxyl groups is 1. The van der Waals surface area contributed by atoms with Crippen molar-refractivity contribution in [3.63, 3.8) is 0 Å². The Labute approximate surface area is 125 Å². The Morgan fingerprint density at radius 1 is 1.29 bits per heavy atom. The van der Waals surface area contributed by atoms with Crippen LogP contribution in [0.4, 0.5) is 13.2 Å². The van der Waals surface area contributed by atoms with E-state index in [4.69, 9.17) is 5.11 Å². The Kier molecular flexibility index (Phi) is 6.09. The smallest absolute Gasteiger partial charge is 0.392 e. The molecule has 0 bridgehead atoms. The molecule has 21 heavy (non-hydrogen) atoms. The summed E-state index contributed by atoms with van der Waals surface area (Å²) in [6.45, 7) is 2.67. The van der Waals surface area contributed by atoms with Crippen LogP contribution in [0.1, 0.15) is 16.7 Å². The van der Waals surface area contributed by atoms with Crippen molar-refractivity contribution >= 4 is 21.8 Å². The zero-order valence-electron chi connectivity index (χ0n) is 11.5. The van der Waals surface area contributed by atoms with Crippen LogP contribution in [-0.2, 0) is 16.6 Å². The first-order chi connectivity index (χ1) is 9.57. The van der Waals surface area contributed by atoms with Gasteiger partial charge in [-0.2, -0.15) is 13.2 Å². The zero-order valence-corrected chi connectivity index (χ0v) is 13.1. The highest BCUT2D eigenvalue weighted by atomic mass is 32.2. The molecular formula is C12H16F3NO3S2. The second kappa shape index (κ2) is 6.99. The van der Waals surface area contributed by atoms with Crippen LogP contribution >= 0.6 is 11.8 Å². The number of hydrogen-bond acceptors (Lipinski definition) is 4. The van der Waals surface area contributed by atoms with Crippen LogP contribution < -0.4 is 4.72 Å². The fraction of sp³-hybridized carbons (Fsp3) is 0.500. The molecule has 0 aliphatic rings. The Morgan fingerprint density at radius 3 is 2.43 bits per heavy atom. The minimum Gasteiger partial charge on any atom is -0.392 e. The molecule has 0 heterocycles. The summed E-state index contributed by atoms with van der Waals surface area (Å²) < 4.78 is 62.3. The summed E-state index contributed by atoms with van der Waals surface area (Å²) >= 11 is -0.282. The maximum Gasteiger partial charge on any atom is 0.441 e. The van der Waals surface area contributed by atoms with E-state index in [0.717, 1.165) is 0 Å². The second-order valence-corrected chi connectivity index (χ2v) is 7.28. The molecule has 0 amide bonds. The fourth-order valence-corrected chi connectivity index (χ4v) is 3.65. The van der Waals surface area contributed by atoms with E-state index in [1.165, 1.54) is 6.07 Å². The minimum atomic E-state index is -4.38. The number of benzene rings is 1. The minimum absolute atomic E-state index is 0.0245. The monoisotopic (exact) mass is 343 g/mol. The molecule has 2 N–H and O–H groups in total. The highest BCUT2D eigenvalue weighted by molar-refractivity contribution is 8.00. The highest BCUT2D eigenvalue weighted by Crippen LogP contribution is 2.29. The van der Waals surface area contributed by atoms with Gasteiger partial charge in [-0.25, -0.2) is 13.1 Å². The summed E-state index contributed by atoms with van der Waals surface area (Å²) in [5.74, 6) is -0.402. The molecule has 0 saturated carbocycles. The average molecular weight is 343 g/mol. The van der Waals surface area contributed by atoms with Crippen LogP contribution in [0.3, 0.4) is 0 Å². The molecular weight excluding hydrogens is 327 g/mol. The molecule has 0 aliphatic carbocycles. The molecule has 0 saturated heterocycles. The largest absolute Gasteiger partial charge is 0.441 e. The van der Waals surface area contributed by atoms with Crippen molar-refractivity contribution in [2.75, 3.05) is 12.3 Å². The number of nitrogens with one attached hydrogen (secondary N) is 1. The van der Waals surface area contributed by atoms with E-state index >= 15 is 0 Å². The molecule has 0 unspecified atom stereocenters. The van der Waals surface area contributed by atoms with Gasteiger partial charge >= 0.3 is 5.51 Å². The topological polar surface area (TPSA) is 66.4 Å². The van der Waals surface area contributed by atoms with Crippen LogP contribution in [0.5, 0.6) is 0 Å². The van der Waals surface area contributed by atoms with Crippen molar-refractivity contribution in [1.29, 1.82) is 0 Å². The van der Waals surface area contributed by atoms with Gasteiger partial charge in [-0.1, -0.05) is 6.07 Å². The number of aryl methyl sites for hydroxylation is 1. The van der Waals surface area contributed by atoms with Crippen LogP contribution in [0.15, 0.2) is 17.0 Å². The van der Waals surface area contributed by atoms with Crippen LogP contribution in [0.25, 0.3) is 0 Å². The van der Waals surface area contributed by atoms with Gasteiger partial charge < -0.3 is 5.11 Å². The predicted molar refractivity (Wildman–Crippen MR) is 75.5 cm³/mol. The summed E-state index contributed by atoms with van der Waals surface area (Å²) in [4.78, 5) is -0.0245. The number of halogens is 3. The van der Waals surface area contributed by atoms with Crippen molar-refractivity contribution < 1.29 is 26.7 Å². The molecule has 9 heteroatoms. The first-order valence-electron chi connectivity index (χ1n) is 5.98. The molecule has 120 valence electrons. The van der Waals surface area contributed by atoms with E-state index in [2.05, 4.69) is 4.72 Å². The van der Waals surface area contributed by atoms with Gasteiger partial charge in [-0.05, 0) is 48.4 Å². The molecule has 0 spiro atoms. The van der Waals surface area contributed by atoms with Gasteiger partial charge in [0.1, 0.15) is 0 Å². The number of rotatable bonds is 6. The van der Waals surface area contributed by atoms with Crippen molar-refractivity contribution in [3.05, 3.63) is 28.8 Å². The van der Waals surface area contributed by atoms with Crippen molar-refractivity contribution in [2.45, 2.75) is 30.9 Å². The molecule has 0 fully saturated rings. The van der Waals surface area contributed by atoms with E-state index in [9.17, 15) is 21.6 Å². The zero-order chi connectivity index (χ0) is 16.3. The lowest BCUT2D eigenvalue weighted by molar-refractivity contribution is -0.0327. The standard InChI is InChI=1S/C12H16F3NO3S2/c1-8-5-10(7-17)6-11(9(8)2)21(18,19)16-3-4-20-12(13,14)15/h5-6,16-17H,3-4,7H2,1-2H3. The molecule has 0 aliphatic heterocycles. The number of thioether (sulfide) groups is 1. The van der Waals surface area contributed by atoms with Gasteiger partial charge in [0.15, 0.2) is 0 Å². The van der Waals surface area contributed by atoms with Crippen molar-refractivity contribution in [2.24, 2.45) is 0 Å². The lowest BCUT2D eigenvalue weighted by Gasteiger charge is -2.13. The molecule has 0 radical (unpaired) electrons. The Bertz CT molecular complexity index is 601. The molecule has 1 rings (SSSR count). The Morgan fingerprint density at radius 2 is 1.90 bits per heavy atom. The van der Waals surface area contributed by atoms with Crippen LogP contribution in [0, 0.1) is 13.8 Å². The van der Waals surface area contributed by atoms with Gasteiger partial charge in [0.2, 0.25) is 10.0 Å². The summed E-state index contributed by atoms with van der Waals surface area (Å²) in [5, 5.41) is 9.10. The quantitative estimate of drug-likeness (QED) is 0.778. The number of hydrogen-bond donors (Lipinski definition) is 2. The molecule has 0 aromatic heterocycles. The lowest BCUT2D eigenvalue weighted by atomic mass is 10.1. The van der Waals surface area contributed by atoms with Gasteiger partial charge in [0.05, 0.1) is 11.5 Å². The first kappa shape index (κ1) is 18.3. The van der Waals surface area contributed by atoms with Gasteiger partial charge in [-0.15, -0.1) is 0 Å². The summed E-state index contributed by atoms with van der Waals surface area (Å²) in [6.07, 6.45) is 0. The van der Waals surface area contributed by atoms with Crippen LogP contribution in [-0.4, -0.2) is 31.3 Å². The summed E-state index contributed by atoms with van der Waals surface area (Å²) in [6, 6.07) is 2.98. The fourth-order valence-electron chi connectivity index (χ4n) is 1.69. The van der Waals surface area contributed by atoms with Crippen LogP contribution in [0.2, 0.25) is 0 Å². The third-order valence-electron chi connectivity index (χ3n) is 2.81. The van der Waals surface area contributed by atoms with E-state index in [0.29, 0.717) is 16.7 Å². The maximum atomic E-state index is 12.1. The third kappa shape index (κ3) is 5.50. The highest BCUT2D eigenvalue weighted by Gasteiger charge is 2.28. The predicted octanol–water partition coefficient (Wildman–Crippen LogP) is 2.33. The SMILES string of the molecule is Cc1cc(CO)cc(S(=O)(=O)NCCSC(F)(F)F)c1C. The number of alkyl halides is 3. The summed E-state index contributed by atoms with van der Waals surface area (Å²) in [7, 11) is -3.91. The Balaban J connectivity index is 2.86. The van der Waals surface area contributed by atoms with E-state index in [-0.39, 0.29) is 29.8 Å². The number of sulfonamides is 1. The van der Waals surface area contributed by atoms with Crippen molar-refractivity contribution in [3.8, 4) is 0 Å². The van der Waals surface area contributed by atoms with E-state index in [1.54, 1.807) is 19.9 Å². The summed E-state index contributed by atoms with van der Waals surface area (Å²) in [5.41, 5.74) is -2.76. The normalized spacial score (nSPS) is 12.7. The maximum absolute atomic E-state index is 12.1. The van der Waals surface area contributed by atoms with Gasteiger partial charge in [-0.3, -0.25) is 0 Å². The van der Waals surface area contributed by atoms with Gasteiger partial charge in [0, 0.05) is 12.3 Å². The molecule has 4 nitrogen and oxygen atoms in total. The number of aliphatic hydroxyl groups excluding tert-OH is 1. The Hall–Kier alpha value is -0.770. The van der Waals surface area contributed by atoms with Crippen molar-refractivity contribution in [1.82, 2.24) is 4.72 Å². The molecule has 1 aromatic carbocycles. The first-order valence-corrected chi connectivity index (χ1v) is 8.45.